The van der Waals surface area contributed by atoms with Gasteiger partial charge in [-0.2, -0.15) is 13.2 Å². The molecule has 2 aromatic rings. The highest BCUT2D eigenvalue weighted by molar-refractivity contribution is 5.96. The maximum Gasteiger partial charge on any atom is 0.416 e. The average molecular weight is 533 g/mol. The molecule has 4 rings (SSSR count). The van der Waals surface area contributed by atoms with Crippen molar-refractivity contribution < 1.29 is 22.7 Å². The van der Waals surface area contributed by atoms with Crippen molar-refractivity contribution in [2.75, 3.05) is 46.4 Å². The molecule has 38 heavy (non-hydrogen) atoms. The van der Waals surface area contributed by atoms with Crippen LogP contribution < -0.4 is 0 Å². The molecule has 3 heterocycles. The highest BCUT2D eigenvalue weighted by atomic mass is 19.4. The van der Waals surface area contributed by atoms with E-state index in [1.54, 1.807) is 25.4 Å². The largest absolute Gasteiger partial charge is 0.416 e. The Balaban J connectivity index is 1.40. The lowest BCUT2D eigenvalue weighted by Crippen LogP contribution is -2.62. The number of amides is 1. The summed E-state index contributed by atoms with van der Waals surface area (Å²) < 4.78 is 44.7. The van der Waals surface area contributed by atoms with Crippen LogP contribution in [-0.4, -0.2) is 83.6 Å². The van der Waals surface area contributed by atoms with Crippen molar-refractivity contribution in [3.05, 3.63) is 64.5 Å². The molecule has 0 saturated carbocycles. The van der Waals surface area contributed by atoms with Crippen LogP contribution >= 0.6 is 0 Å². The maximum absolute atomic E-state index is 13.3. The van der Waals surface area contributed by atoms with Crippen molar-refractivity contribution in [2.45, 2.75) is 64.3 Å². The number of pyridine rings is 1. The summed E-state index contributed by atoms with van der Waals surface area (Å²) in [7, 11) is 1.63. The Hall–Kier alpha value is -2.49. The summed E-state index contributed by atoms with van der Waals surface area (Å²) in [5.41, 5.74) is 2.62. The molecule has 1 aromatic heterocycles. The van der Waals surface area contributed by atoms with E-state index in [0.29, 0.717) is 25.3 Å². The molecule has 2 aliphatic rings. The Bertz CT molecular complexity index is 1090. The first-order chi connectivity index (χ1) is 17.9. The maximum atomic E-state index is 13.3. The van der Waals surface area contributed by atoms with Crippen LogP contribution in [0.2, 0.25) is 0 Å². The number of aryl methyl sites for hydroxylation is 2. The molecular formula is C29H39F3N4O2. The molecule has 1 amide bonds. The quantitative estimate of drug-likeness (QED) is 0.518. The number of carbonyl (C=O) groups is 1. The second kappa shape index (κ2) is 11.3. The number of benzene rings is 1. The number of methoxy groups -OCH3 is 1. The lowest BCUT2D eigenvalue weighted by Gasteiger charge is -2.52. The Kier molecular flexibility index (Phi) is 8.49. The molecule has 0 aliphatic carbocycles. The van der Waals surface area contributed by atoms with Gasteiger partial charge in [0.15, 0.2) is 0 Å². The molecule has 0 spiro atoms. The molecule has 2 aliphatic heterocycles. The van der Waals surface area contributed by atoms with Crippen molar-refractivity contribution in [3.63, 3.8) is 0 Å². The van der Waals surface area contributed by atoms with Gasteiger partial charge in [-0.15, -0.1) is 0 Å². The molecule has 0 N–H and O–H groups in total. The highest BCUT2D eigenvalue weighted by Crippen LogP contribution is 2.35. The van der Waals surface area contributed by atoms with E-state index in [-0.39, 0.29) is 23.5 Å². The van der Waals surface area contributed by atoms with E-state index in [1.165, 1.54) is 0 Å². The number of aromatic nitrogens is 1. The Morgan fingerprint density at radius 1 is 1.11 bits per heavy atom. The van der Waals surface area contributed by atoms with Gasteiger partial charge in [0.05, 0.1) is 29.5 Å². The lowest BCUT2D eigenvalue weighted by atomic mass is 9.86. The van der Waals surface area contributed by atoms with Crippen LogP contribution in [0.15, 0.2) is 36.5 Å². The van der Waals surface area contributed by atoms with Gasteiger partial charge >= 0.3 is 6.18 Å². The summed E-state index contributed by atoms with van der Waals surface area (Å²) in [6.07, 6.45) is -0.821. The molecular weight excluding hydrogens is 493 g/mol. The van der Waals surface area contributed by atoms with Gasteiger partial charge in [-0.25, -0.2) is 0 Å². The van der Waals surface area contributed by atoms with Gasteiger partial charge in [-0.05, 0) is 69.9 Å². The van der Waals surface area contributed by atoms with E-state index in [1.807, 2.05) is 24.8 Å². The molecule has 208 valence electrons. The van der Waals surface area contributed by atoms with E-state index in [4.69, 9.17) is 4.74 Å². The third kappa shape index (κ3) is 5.90. The van der Waals surface area contributed by atoms with Crippen molar-refractivity contribution in [2.24, 2.45) is 0 Å². The smallest absolute Gasteiger partial charge is 0.383 e. The molecule has 2 saturated heterocycles. The summed E-state index contributed by atoms with van der Waals surface area (Å²) in [6, 6.07) is 7.43. The second-order valence-corrected chi connectivity index (χ2v) is 11.0. The van der Waals surface area contributed by atoms with Gasteiger partial charge in [0, 0.05) is 57.6 Å². The summed E-state index contributed by atoms with van der Waals surface area (Å²) >= 11 is 0. The summed E-state index contributed by atoms with van der Waals surface area (Å²) in [5.74, 6) is 0.0623. The second-order valence-electron chi connectivity index (χ2n) is 11.0. The van der Waals surface area contributed by atoms with E-state index in [0.717, 1.165) is 61.4 Å². The molecule has 6 nitrogen and oxygen atoms in total. The number of piperidine rings is 1. The number of rotatable bonds is 6. The van der Waals surface area contributed by atoms with E-state index >= 15 is 0 Å². The summed E-state index contributed by atoms with van der Waals surface area (Å²) in [4.78, 5) is 24.4. The first-order valence-corrected chi connectivity index (χ1v) is 13.3. The molecule has 1 aromatic carbocycles. The van der Waals surface area contributed by atoms with Gasteiger partial charge < -0.3 is 9.64 Å². The third-order valence-corrected chi connectivity index (χ3v) is 8.48. The Labute approximate surface area is 223 Å². The summed E-state index contributed by atoms with van der Waals surface area (Å²) in [6.45, 7) is 12.6. The minimum absolute atomic E-state index is 0.0126. The zero-order chi connectivity index (χ0) is 27.7. The first kappa shape index (κ1) is 28.5. The molecule has 0 unspecified atom stereocenters. The van der Waals surface area contributed by atoms with E-state index < -0.39 is 11.7 Å². The highest BCUT2D eigenvalue weighted by Gasteiger charge is 2.41. The van der Waals surface area contributed by atoms with Gasteiger partial charge in [0.2, 0.25) is 0 Å². The predicted molar refractivity (Wildman–Crippen MR) is 141 cm³/mol. The first-order valence-electron chi connectivity index (χ1n) is 13.3. The number of halogens is 3. The van der Waals surface area contributed by atoms with Gasteiger partial charge in [0.1, 0.15) is 0 Å². The number of piperazine rings is 1. The molecule has 0 bridgehead atoms. The minimum Gasteiger partial charge on any atom is -0.383 e. The monoisotopic (exact) mass is 532 g/mol. The van der Waals surface area contributed by atoms with Crippen molar-refractivity contribution >= 4 is 5.91 Å². The van der Waals surface area contributed by atoms with Crippen LogP contribution in [-0.2, 0) is 10.9 Å². The number of alkyl halides is 3. The topological polar surface area (TPSA) is 48.9 Å². The number of likely N-dealkylation sites (tertiary alicyclic amines) is 1. The van der Waals surface area contributed by atoms with E-state index in [9.17, 15) is 18.0 Å². The number of nitrogens with zero attached hydrogens (tertiary/aromatic N) is 4. The molecule has 2 atom stereocenters. The zero-order valence-electron chi connectivity index (χ0n) is 23.0. The predicted octanol–water partition coefficient (Wildman–Crippen LogP) is 5.11. The minimum atomic E-state index is -4.35. The number of hydrogen-bond donors (Lipinski definition) is 0. The number of hydrogen-bond acceptors (Lipinski definition) is 5. The van der Waals surface area contributed by atoms with Crippen LogP contribution in [0.1, 0.15) is 65.5 Å². The standard InChI is InChI=1S/C29H39F3N4O2/c1-20-10-13-33-22(3)26(20)27(37)34-14-11-28(4,12-15-34)35-16-17-36(21(2)18-35)25(19-38-5)23-6-8-24(9-7-23)29(30,31)32/h6-10,13,21,25H,11-12,14-19H2,1-5H3/t21-,25-/m0/s1. The third-order valence-electron chi connectivity index (χ3n) is 8.48. The van der Waals surface area contributed by atoms with Gasteiger partial charge in [-0.3, -0.25) is 19.6 Å². The average Bonchev–Trinajstić information content (AvgIpc) is 2.87. The fourth-order valence-electron chi connectivity index (χ4n) is 6.04. The van der Waals surface area contributed by atoms with Crippen LogP contribution in [0.5, 0.6) is 0 Å². The molecule has 2 fully saturated rings. The van der Waals surface area contributed by atoms with Crippen molar-refractivity contribution in [1.29, 1.82) is 0 Å². The number of ether oxygens (including phenoxy) is 1. The SMILES string of the molecule is COC[C@@H](c1ccc(C(F)(F)F)cc1)N1CCN(C2(C)CCN(C(=O)c3c(C)ccnc3C)CC2)C[C@@H]1C. The van der Waals surface area contributed by atoms with Gasteiger partial charge in [0.25, 0.3) is 5.91 Å². The van der Waals surface area contributed by atoms with Crippen LogP contribution in [0, 0.1) is 13.8 Å². The Morgan fingerprint density at radius 3 is 2.32 bits per heavy atom. The number of carbonyl (C=O) groups excluding carboxylic acids is 1. The van der Waals surface area contributed by atoms with Crippen LogP contribution in [0.25, 0.3) is 0 Å². The zero-order valence-corrected chi connectivity index (χ0v) is 23.0. The van der Waals surface area contributed by atoms with Crippen molar-refractivity contribution in [3.8, 4) is 0 Å². The molecule has 0 radical (unpaired) electrons. The lowest BCUT2D eigenvalue weighted by molar-refractivity contribution is -0.137. The fourth-order valence-corrected chi connectivity index (χ4v) is 6.04. The molecule has 9 heteroatoms. The van der Waals surface area contributed by atoms with Crippen LogP contribution in [0.4, 0.5) is 13.2 Å². The van der Waals surface area contributed by atoms with Crippen LogP contribution in [0.3, 0.4) is 0 Å². The normalized spacial score (nSPS) is 21.9. The van der Waals surface area contributed by atoms with Gasteiger partial charge in [-0.1, -0.05) is 12.1 Å². The summed E-state index contributed by atoms with van der Waals surface area (Å²) in [5, 5.41) is 0. The van der Waals surface area contributed by atoms with Crippen molar-refractivity contribution in [1.82, 2.24) is 19.7 Å². The van der Waals surface area contributed by atoms with E-state index in [2.05, 4.69) is 28.6 Å². The Morgan fingerprint density at radius 2 is 1.76 bits per heavy atom. The fraction of sp³-hybridized carbons (Fsp3) is 0.586.